The van der Waals surface area contributed by atoms with Gasteiger partial charge in [0, 0.05) is 0 Å². The van der Waals surface area contributed by atoms with Gasteiger partial charge in [-0.3, -0.25) is 0 Å². The highest BCUT2D eigenvalue weighted by molar-refractivity contribution is 5.20. The van der Waals surface area contributed by atoms with Gasteiger partial charge in [0.05, 0.1) is 0 Å². The Balaban J connectivity index is 2.59. The fourth-order valence-corrected chi connectivity index (χ4v) is 1.19. The largest absolute Gasteiger partial charge is 0.0879 e. The van der Waals surface area contributed by atoms with Crippen LogP contribution in [-0.2, 0) is 0 Å². The van der Waals surface area contributed by atoms with E-state index in [1.54, 1.807) is 0 Å². The number of allylic oxidation sites excluding steroid dienone is 6. The summed E-state index contributed by atoms with van der Waals surface area (Å²) in [4.78, 5) is 0. The minimum absolute atomic E-state index is 1.10. The van der Waals surface area contributed by atoms with E-state index in [9.17, 15) is 0 Å². The lowest BCUT2D eigenvalue weighted by Gasteiger charge is -1.93. The van der Waals surface area contributed by atoms with Gasteiger partial charge in [-0.1, -0.05) is 42.9 Å². The van der Waals surface area contributed by atoms with Crippen LogP contribution in [0, 0.1) is 0 Å². The van der Waals surface area contributed by atoms with Gasteiger partial charge in [0.2, 0.25) is 0 Å². The number of hydrogen-bond acceptors (Lipinski definition) is 0. The quantitative estimate of drug-likeness (QED) is 0.498. The molecule has 0 N–H and O–H groups in total. The Bertz CT molecular complexity index is 182. The zero-order valence-electron chi connectivity index (χ0n) is 7.22. The lowest BCUT2D eigenvalue weighted by Crippen LogP contribution is -1.73. The van der Waals surface area contributed by atoms with Crippen LogP contribution < -0.4 is 0 Å². The Morgan fingerprint density at radius 3 is 2.82 bits per heavy atom. The van der Waals surface area contributed by atoms with E-state index in [0.29, 0.717) is 0 Å². The van der Waals surface area contributed by atoms with E-state index in [1.165, 1.54) is 18.4 Å². The van der Waals surface area contributed by atoms with E-state index in [1.807, 2.05) is 0 Å². The second-order valence-corrected chi connectivity index (χ2v) is 2.82. The van der Waals surface area contributed by atoms with Crippen molar-refractivity contribution in [1.29, 1.82) is 0 Å². The van der Waals surface area contributed by atoms with Crippen molar-refractivity contribution in [3.8, 4) is 0 Å². The molecule has 0 amide bonds. The third-order valence-corrected chi connectivity index (χ3v) is 1.92. The van der Waals surface area contributed by atoms with Crippen molar-refractivity contribution in [2.24, 2.45) is 0 Å². The monoisotopic (exact) mass is 148 g/mol. The summed E-state index contributed by atoms with van der Waals surface area (Å²) in [5, 5.41) is 0. The van der Waals surface area contributed by atoms with Crippen LogP contribution in [0.2, 0.25) is 0 Å². The summed E-state index contributed by atoms with van der Waals surface area (Å²) in [6, 6.07) is 0. The molecule has 11 heavy (non-hydrogen) atoms. The molecular formula is C11H16. The van der Waals surface area contributed by atoms with Crippen LogP contribution in [0.3, 0.4) is 0 Å². The molecule has 0 saturated heterocycles. The maximum absolute atomic E-state index is 2.30. The zero-order valence-corrected chi connectivity index (χ0v) is 7.22. The first-order chi connectivity index (χ1) is 5.43. The molecule has 0 spiro atoms. The summed E-state index contributed by atoms with van der Waals surface area (Å²) in [6.45, 7) is 2.21. The Morgan fingerprint density at radius 2 is 2.00 bits per heavy atom. The second-order valence-electron chi connectivity index (χ2n) is 2.82. The standard InChI is InChI=1S/C11H16/c1-2-11-9-7-5-3-4-6-8-10-11/h3,5,8-10H,2,4,6-7H2,1H3/b5-3-,10-8?,11-9?. The van der Waals surface area contributed by atoms with Crippen molar-refractivity contribution < 1.29 is 0 Å². The van der Waals surface area contributed by atoms with Crippen LogP contribution in [-0.4, -0.2) is 0 Å². The lowest BCUT2D eigenvalue weighted by molar-refractivity contribution is 1.04. The molecule has 0 nitrogen and oxygen atoms in total. The average Bonchev–Trinajstić information content (AvgIpc) is 2.16. The molecular weight excluding hydrogens is 132 g/mol. The van der Waals surface area contributed by atoms with E-state index in [0.717, 1.165) is 12.8 Å². The molecule has 1 rings (SSSR count). The van der Waals surface area contributed by atoms with Crippen LogP contribution in [0.5, 0.6) is 0 Å². The number of hydrogen-bond donors (Lipinski definition) is 0. The normalized spacial score (nSPS) is 21.4. The van der Waals surface area contributed by atoms with E-state index in [-0.39, 0.29) is 0 Å². The first-order valence-electron chi connectivity index (χ1n) is 4.44. The first-order valence-corrected chi connectivity index (χ1v) is 4.44. The third kappa shape index (κ3) is 3.22. The highest BCUT2D eigenvalue weighted by Gasteiger charge is 1.88. The summed E-state index contributed by atoms with van der Waals surface area (Å²) in [5.41, 5.74) is 1.47. The highest BCUT2D eigenvalue weighted by Crippen LogP contribution is 2.08. The van der Waals surface area contributed by atoms with Crippen molar-refractivity contribution in [3.05, 3.63) is 36.0 Å². The molecule has 0 heteroatoms. The summed E-state index contributed by atoms with van der Waals surface area (Å²) in [5.74, 6) is 0. The minimum Gasteiger partial charge on any atom is -0.0879 e. The Hall–Kier alpha value is -0.780. The first kappa shape index (κ1) is 8.32. The lowest BCUT2D eigenvalue weighted by atomic mass is 10.1. The van der Waals surface area contributed by atoms with Crippen molar-refractivity contribution in [3.63, 3.8) is 0 Å². The van der Waals surface area contributed by atoms with Gasteiger partial charge in [-0.2, -0.15) is 0 Å². The molecule has 60 valence electrons. The summed E-state index contributed by atoms with van der Waals surface area (Å²) in [6.07, 6.45) is 16.0. The summed E-state index contributed by atoms with van der Waals surface area (Å²) >= 11 is 0. The van der Waals surface area contributed by atoms with Gasteiger partial charge in [0.1, 0.15) is 0 Å². The van der Waals surface area contributed by atoms with Crippen LogP contribution in [0.1, 0.15) is 32.6 Å². The smallest absolute Gasteiger partial charge is 0.0163 e. The molecule has 0 saturated carbocycles. The van der Waals surface area contributed by atoms with Crippen LogP contribution in [0.4, 0.5) is 0 Å². The predicted octanol–water partition coefficient (Wildman–Crippen LogP) is 3.62. The SMILES string of the molecule is CCC1=CC/C=C\CCC=C1. The molecule has 0 aliphatic heterocycles. The van der Waals surface area contributed by atoms with Gasteiger partial charge in [0.15, 0.2) is 0 Å². The van der Waals surface area contributed by atoms with Crippen LogP contribution in [0.25, 0.3) is 0 Å². The maximum Gasteiger partial charge on any atom is -0.0163 e. The Morgan fingerprint density at radius 1 is 1.18 bits per heavy atom. The van der Waals surface area contributed by atoms with Gasteiger partial charge in [0.25, 0.3) is 0 Å². The highest BCUT2D eigenvalue weighted by atomic mass is 13.9. The minimum atomic E-state index is 1.10. The van der Waals surface area contributed by atoms with Gasteiger partial charge in [-0.25, -0.2) is 0 Å². The molecule has 0 atom stereocenters. The average molecular weight is 148 g/mol. The maximum atomic E-state index is 2.30. The predicted molar refractivity (Wildman–Crippen MR) is 50.5 cm³/mol. The Kier molecular flexibility index (Phi) is 3.74. The van der Waals surface area contributed by atoms with Gasteiger partial charge < -0.3 is 0 Å². The van der Waals surface area contributed by atoms with E-state index < -0.39 is 0 Å². The molecule has 0 bridgehead atoms. The molecule has 0 aromatic heterocycles. The molecule has 1 aliphatic rings. The van der Waals surface area contributed by atoms with Crippen LogP contribution >= 0.6 is 0 Å². The Labute approximate surface area is 69.3 Å². The fourth-order valence-electron chi connectivity index (χ4n) is 1.19. The van der Waals surface area contributed by atoms with Crippen molar-refractivity contribution in [1.82, 2.24) is 0 Å². The molecule has 0 fully saturated rings. The summed E-state index contributed by atoms with van der Waals surface area (Å²) < 4.78 is 0. The van der Waals surface area contributed by atoms with E-state index >= 15 is 0 Å². The topological polar surface area (TPSA) is 0 Å². The number of rotatable bonds is 1. The zero-order chi connectivity index (χ0) is 7.94. The fraction of sp³-hybridized carbons (Fsp3) is 0.455. The van der Waals surface area contributed by atoms with Crippen molar-refractivity contribution in [2.75, 3.05) is 0 Å². The molecule has 0 unspecified atom stereocenters. The van der Waals surface area contributed by atoms with E-state index in [4.69, 9.17) is 0 Å². The molecule has 0 aromatic carbocycles. The van der Waals surface area contributed by atoms with Gasteiger partial charge in [-0.05, 0) is 25.7 Å². The van der Waals surface area contributed by atoms with Crippen LogP contribution in [0.15, 0.2) is 36.0 Å². The second kappa shape index (κ2) is 4.95. The van der Waals surface area contributed by atoms with Crippen molar-refractivity contribution >= 4 is 0 Å². The van der Waals surface area contributed by atoms with Gasteiger partial charge in [-0.15, -0.1) is 0 Å². The summed E-state index contributed by atoms with van der Waals surface area (Å²) in [7, 11) is 0. The van der Waals surface area contributed by atoms with Crippen molar-refractivity contribution in [2.45, 2.75) is 32.6 Å². The third-order valence-electron chi connectivity index (χ3n) is 1.92. The molecule has 0 radical (unpaired) electrons. The molecule has 1 aliphatic carbocycles. The molecule has 0 heterocycles. The van der Waals surface area contributed by atoms with E-state index in [2.05, 4.69) is 37.3 Å². The molecule has 0 aromatic rings. The van der Waals surface area contributed by atoms with Gasteiger partial charge >= 0.3 is 0 Å².